The molecule has 1 aromatic carbocycles. The largest absolute Gasteiger partial charge is 0.466 e. The maximum atomic E-state index is 6.69. The molecule has 0 amide bonds. The van der Waals surface area contributed by atoms with Crippen molar-refractivity contribution in [3.05, 3.63) is 35.9 Å². The van der Waals surface area contributed by atoms with E-state index in [1.165, 1.54) is 0 Å². The van der Waals surface area contributed by atoms with Gasteiger partial charge < -0.3 is 23.0 Å². The van der Waals surface area contributed by atoms with Crippen LogP contribution in [0.15, 0.2) is 30.3 Å². The van der Waals surface area contributed by atoms with Gasteiger partial charge in [0.15, 0.2) is 8.32 Å². The summed E-state index contributed by atoms with van der Waals surface area (Å²) >= 11 is 0. The molecule has 0 saturated carbocycles. The summed E-state index contributed by atoms with van der Waals surface area (Å²) in [7, 11) is -2.81. The van der Waals surface area contributed by atoms with Gasteiger partial charge in [-0.3, -0.25) is 0 Å². The van der Waals surface area contributed by atoms with E-state index < -0.39 is 50.2 Å². The molecule has 2 aliphatic heterocycles. The average molecular weight is 460 g/mol. The Morgan fingerprint density at radius 2 is 1.09 bits per heavy atom. The van der Waals surface area contributed by atoms with Crippen LogP contribution in [0.3, 0.4) is 0 Å². The number of hydrogen-bond donors (Lipinski definition) is 0. The van der Waals surface area contributed by atoms with Crippen LogP contribution < -0.4 is 0 Å². The van der Waals surface area contributed by atoms with Crippen molar-refractivity contribution in [1.82, 2.24) is 0 Å². The summed E-state index contributed by atoms with van der Waals surface area (Å²) in [4.78, 5) is 0. The molecule has 32 heavy (non-hydrogen) atoms. The summed E-state index contributed by atoms with van der Waals surface area (Å²) in [6.45, 7) is 23.9. The predicted octanol–water partition coefficient (Wildman–Crippen LogP) is 5.43. The average Bonchev–Trinajstić information content (AvgIpc) is 2.98. The molecule has 2 fully saturated rings. The first-order valence-electron chi connectivity index (χ1n) is 11.8. The quantitative estimate of drug-likeness (QED) is 0.508. The SMILES string of the molecule is CC1(C)OB(C(CCO[Si](C)(C)C)(B2OC(C)(C)C(C)(C)O2)c2ccccc2)OC1(C)C. The van der Waals surface area contributed by atoms with Gasteiger partial charge in [0.1, 0.15) is 0 Å². The molecule has 2 heterocycles. The van der Waals surface area contributed by atoms with Crippen molar-refractivity contribution in [3.8, 4) is 0 Å². The molecule has 0 atom stereocenters. The third-order valence-corrected chi connectivity index (χ3v) is 8.78. The maximum Gasteiger partial charge on any atom is 0.466 e. The molecule has 1 aromatic rings. The zero-order chi connectivity index (χ0) is 24.2. The molecule has 0 spiro atoms. The topological polar surface area (TPSA) is 46.2 Å². The molecular weight excluding hydrogens is 418 g/mol. The van der Waals surface area contributed by atoms with E-state index in [1.54, 1.807) is 0 Å². The monoisotopic (exact) mass is 460 g/mol. The van der Waals surface area contributed by atoms with Gasteiger partial charge in [0, 0.05) is 6.61 Å². The third kappa shape index (κ3) is 4.64. The molecule has 5 nitrogen and oxygen atoms in total. The second kappa shape index (κ2) is 8.24. The van der Waals surface area contributed by atoms with E-state index in [-0.39, 0.29) is 0 Å². The minimum atomic E-state index is -1.71. The Balaban J connectivity index is 2.13. The van der Waals surface area contributed by atoms with E-state index in [4.69, 9.17) is 23.0 Å². The molecule has 0 N–H and O–H groups in total. The van der Waals surface area contributed by atoms with Crippen LogP contribution in [-0.4, -0.2) is 51.6 Å². The predicted molar refractivity (Wildman–Crippen MR) is 134 cm³/mol. The minimum absolute atomic E-state index is 0.471. The molecule has 3 rings (SSSR count). The fourth-order valence-corrected chi connectivity index (χ4v) is 4.86. The van der Waals surface area contributed by atoms with Crippen LogP contribution >= 0.6 is 0 Å². The maximum absolute atomic E-state index is 6.69. The summed E-state index contributed by atoms with van der Waals surface area (Å²) in [5, 5.41) is -0.697. The lowest BCUT2D eigenvalue weighted by Gasteiger charge is -2.38. The Hall–Kier alpha value is -0.633. The van der Waals surface area contributed by atoms with Gasteiger partial charge in [-0.2, -0.15) is 0 Å². The van der Waals surface area contributed by atoms with Gasteiger partial charge in [-0.15, -0.1) is 0 Å². The van der Waals surface area contributed by atoms with E-state index in [1.807, 2.05) is 6.07 Å². The van der Waals surface area contributed by atoms with Crippen LogP contribution in [0.25, 0.3) is 0 Å². The molecule has 0 radical (unpaired) electrons. The normalized spacial score (nSPS) is 24.2. The summed E-state index contributed by atoms with van der Waals surface area (Å²) in [5.41, 5.74) is -0.805. The highest BCUT2D eigenvalue weighted by atomic mass is 28.4. The van der Waals surface area contributed by atoms with Crippen molar-refractivity contribution >= 4 is 22.6 Å². The molecule has 178 valence electrons. The van der Waals surface area contributed by atoms with Gasteiger partial charge in [0.25, 0.3) is 0 Å². The fourth-order valence-electron chi connectivity index (χ4n) is 4.14. The Labute approximate surface area is 197 Å². The van der Waals surface area contributed by atoms with Crippen LogP contribution in [0.4, 0.5) is 0 Å². The van der Waals surface area contributed by atoms with Crippen molar-refractivity contribution in [2.45, 2.75) is 109 Å². The van der Waals surface area contributed by atoms with Gasteiger partial charge in [0.05, 0.1) is 27.6 Å². The van der Waals surface area contributed by atoms with Gasteiger partial charge >= 0.3 is 14.2 Å². The highest BCUT2D eigenvalue weighted by Crippen LogP contribution is 2.50. The fraction of sp³-hybridized carbons (Fsp3) is 0.750. The molecule has 0 aliphatic carbocycles. The van der Waals surface area contributed by atoms with Crippen molar-refractivity contribution in [1.29, 1.82) is 0 Å². The summed E-state index contributed by atoms with van der Waals surface area (Å²) in [6, 6.07) is 10.4. The second-order valence-electron chi connectivity index (χ2n) is 12.3. The summed E-state index contributed by atoms with van der Waals surface area (Å²) < 4.78 is 33.1. The number of hydrogen-bond acceptors (Lipinski definition) is 5. The van der Waals surface area contributed by atoms with Crippen molar-refractivity contribution in [3.63, 3.8) is 0 Å². The van der Waals surface area contributed by atoms with Gasteiger partial charge in [-0.25, -0.2) is 0 Å². The lowest BCUT2D eigenvalue weighted by Crippen LogP contribution is -2.59. The van der Waals surface area contributed by atoms with Crippen molar-refractivity contribution in [2.24, 2.45) is 0 Å². The van der Waals surface area contributed by atoms with Gasteiger partial charge in [-0.05, 0) is 87.0 Å². The first-order valence-corrected chi connectivity index (χ1v) is 15.3. The molecule has 2 aliphatic rings. The zero-order valence-electron chi connectivity index (χ0n) is 22.0. The van der Waals surface area contributed by atoms with E-state index >= 15 is 0 Å². The highest BCUT2D eigenvalue weighted by molar-refractivity contribution is 6.71. The lowest BCUT2D eigenvalue weighted by atomic mass is 9.35. The molecule has 2 saturated heterocycles. The molecular formula is C24H42B2O5Si. The third-order valence-electron chi connectivity index (χ3n) is 7.71. The molecule has 0 bridgehead atoms. The van der Waals surface area contributed by atoms with E-state index in [0.717, 1.165) is 5.56 Å². The Bertz CT molecular complexity index is 736. The molecule has 0 unspecified atom stereocenters. The van der Waals surface area contributed by atoms with Crippen LogP contribution in [-0.2, 0) is 28.3 Å². The minimum Gasteiger partial charge on any atom is -0.418 e. The Morgan fingerprint density at radius 3 is 1.44 bits per heavy atom. The Morgan fingerprint density at radius 1 is 0.719 bits per heavy atom. The van der Waals surface area contributed by atoms with Crippen LogP contribution in [0.1, 0.15) is 67.4 Å². The molecule has 0 aromatic heterocycles. The first kappa shape index (κ1) is 26.0. The van der Waals surface area contributed by atoms with E-state index in [9.17, 15) is 0 Å². The lowest BCUT2D eigenvalue weighted by molar-refractivity contribution is 0.00578. The van der Waals surface area contributed by atoms with Crippen LogP contribution in [0, 0.1) is 0 Å². The van der Waals surface area contributed by atoms with Gasteiger partial charge in [-0.1, -0.05) is 30.3 Å². The standard InChI is InChI=1S/C24H42B2O5Si/c1-20(2)21(3,4)29-25(28-20)24(17-18-27-32(9,10)11,19-15-13-12-14-16-19)26-30-22(5,6)23(7,8)31-26/h12-16H,17-18H2,1-11H3. The van der Waals surface area contributed by atoms with Crippen molar-refractivity contribution in [2.75, 3.05) is 6.61 Å². The van der Waals surface area contributed by atoms with Crippen LogP contribution in [0.2, 0.25) is 19.6 Å². The van der Waals surface area contributed by atoms with Crippen LogP contribution in [0.5, 0.6) is 0 Å². The second-order valence-corrected chi connectivity index (χ2v) is 16.8. The number of benzene rings is 1. The van der Waals surface area contributed by atoms with E-state index in [0.29, 0.717) is 13.0 Å². The van der Waals surface area contributed by atoms with E-state index in [2.05, 4.69) is 99.3 Å². The summed E-state index contributed by atoms with van der Waals surface area (Å²) in [5.74, 6) is 0. The smallest absolute Gasteiger partial charge is 0.418 e. The number of rotatable bonds is 7. The first-order chi connectivity index (χ1) is 14.4. The molecule has 8 heteroatoms. The van der Waals surface area contributed by atoms with Crippen molar-refractivity contribution < 1.29 is 23.0 Å². The Kier molecular flexibility index (Phi) is 6.69. The summed E-state index contributed by atoms with van der Waals surface area (Å²) in [6.07, 6.45) is 0.662. The van der Waals surface area contributed by atoms with Gasteiger partial charge in [0.2, 0.25) is 0 Å². The zero-order valence-corrected chi connectivity index (χ0v) is 23.0. The highest BCUT2D eigenvalue weighted by Gasteiger charge is 2.69.